The Kier molecular flexibility index (Phi) is 2.54. The monoisotopic (exact) mass is 146 g/mol. The predicted octanol–water partition coefficient (Wildman–Crippen LogP) is -0.639. The zero-order valence-electron chi connectivity index (χ0n) is 5.20. The highest BCUT2D eigenvalue weighted by atomic mass is 16.4. The van der Waals surface area contributed by atoms with Crippen molar-refractivity contribution in [1.29, 1.82) is 0 Å². The van der Waals surface area contributed by atoms with Gasteiger partial charge < -0.3 is 10.2 Å². The molecule has 56 valence electrons. The molecule has 0 aromatic rings. The number of aliphatic carboxylic acids is 2. The Hall–Kier alpha value is -1.39. The third-order valence-electron chi connectivity index (χ3n) is 0.974. The molecule has 2 N–H and O–H groups in total. The molecule has 0 saturated carbocycles. The lowest BCUT2D eigenvalue weighted by Gasteiger charge is -1.97. The van der Waals surface area contributed by atoms with Crippen molar-refractivity contribution in [2.45, 2.75) is 6.92 Å². The van der Waals surface area contributed by atoms with Gasteiger partial charge in [0.2, 0.25) is 0 Å². The summed E-state index contributed by atoms with van der Waals surface area (Å²) in [4.78, 5) is 30.1. The number of ketones is 1. The van der Waals surface area contributed by atoms with E-state index in [-0.39, 0.29) is 0 Å². The molecule has 0 aromatic heterocycles. The average molecular weight is 146 g/mol. The summed E-state index contributed by atoms with van der Waals surface area (Å²) in [7, 11) is 0. The van der Waals surface area contributed by atoms with Gasteiger partial charge in [-0.15, -0.1) is 0 Å². The van der Waals surface area contributed by atoms with Crippen LogP contribution >= 0.6 is 0 Å². The lowest BCUT2D eigenvalue weighted by molar-refractivity contribution is -0.156. The molecule has 0 rings (SSSR count). The third kappa shape index (κ3) is 1.85. The molecule has 0 aliphatic carbocycles. The van der Waals surface area contributed by atoms with Crippen molar-refractivity contribution in [3.63, 3.8) is 0 Å². The standard InChI is InChI=1S/C5H6O5/c1-2(4(7)8)3(6)5(9)10/h2H,1H3,(H,7,8)(H,9,10)/t2-/m0/s1. The molecule has 0 aromatic carbocycles. The van der Waals surface area contributed by atoms with Gasteiger partial charge >= 0.3 is 11.9 Å². The van der Waals surface area contributed by atoms with Crippen LogP contribution in [-0.4, -0.2) is 27.9 Å². The molecule has 0 unspecified atom stereocenters. The molecule has 0 spiro atoms. The van der Waals surface area contributed by atoms with E-state index >= 15 is 0 Å². The molecule has 1 atom stereocenters. The first-order valence-electron chi connectivity index (χ1n) is 2.46. The fourth-order valence-electron chi connectivity index (χ4n) is 0.297. The number of carboxylic acid groups (broad SMARTS) is 2. The molecule has 0 saturated heterocycles. The first kappa shape index (κ1) is 8.61. The molecular formula is C5H6O5. The molecule has 0 aliphatic heterocycles. The van der Waals surface area contributed by atoms with Gasteiger partial charge in [0.05, 0.1) is 0 Å². The maximum absolute atomic E-state index is 10.3. The highest BCUT2D eigenvalue weighted by molar-refractivity contribution is 6.36. The van der Waals surface area contributed by atoms with Gasteiger partial charge in [0, 0.05) is 0 Å². The lowest BCUT2D eigenvalue weighted by Crippen LogP contribution is -2.27. The van der Waals surface area contributed by atoms with Gasteiger partial charge in [-0.2, -0.15) is 0 Å². The molecule has 0 heterocycles. The van der Waals surface area contributed by atoms with E-state index in [2.05, 4.69) is 0 Å². The van der Waals surface area contributed by atoms with Gasteiger partial charge in [0.1, 0.15) is 5.92 Å². The zero-order valence-corrected chi connectivity index (χ0v) is 5.20. The average Bonchev–Trinajstić information content (AvgIpc) is 1.84. The van der Waals surface area contributed by atoms with Gasteiger partial charge in [0.25, 0.3) is 5.78 Å². The van der Waals surface area contributed by atoms with Gasteiger partial charge in [-0.25, -0.2) is 4.79 Å². The van der Waals surface area contributed by atoms with Crippen molar-refractivity contribution in [2.75, 3.05) is 0 Å². The van der Waals surface area contributed by atoms with Crippen molar-refractivity contribution >= 4 is 17.7 Å². The summed E-state index contributed by atoms with van der Waals surface area (Å²) in [5.74, 6) is -5.90. The summed E-state index contributed by atoms with van der Waals surface area (Å²) in [5, 5.41) is 16.1. The Bertz CT molecular complexity index is 182. The zero-order chi connectivity index (χ0) is 8.31. The number of carbonyl (C=O) groups excluding carboxylic acids is 1. The SMILES string of the molecule is C[C@H](C(=O)O)C(=O)C(=O)O. The van der Waals surface area contributed by atoms with E-state index in [1.54, 1.807) is 0 Å². The van der Waals surface area contributed by atoms with Crippen LogP contribution in [0.3, 0.4) is 0 Å². The van der Waals surface area contributed by atoms with Crippen molar-refractivity contribution in [3.8, 4) is 0 Å². The van der Waals surface area contributed by atoms with Crippen LogP contribution in [-0.2, 0) is 14.4 Å². The van der Waals surface area contributed by atoms with E-state index in [4.69, 9.17) is 10.2 Å². The highest BCUT2D eigenvalue weighted by Crippen LogP contribution is 1.95. The first-order valence-corrected chi connectivity index (χ1v) is 2.46. The summed E-state index contributed by atoms with van der Waals surface area (Å²) in [6.45, 7) is 1.03. The summed E-state index contributed by atoms with van der Waals surface area (Å²) in [6.07, 6.45) is 0. The molecule has 0 fully saturated rings. The number of rotatable bonds is 3. The summed E-state index contributed by atoms with van der Waals surface area (Å²) in [6, 6.07) is 0. The van der Waals surface area contributed by atoms with Crippen LogP contribution in [0.5, 0.6) is 0 Å². The van der Waals surface area contributed by atoms with Crippen LogP contribution in [0.4, 0.5) is 0 Å². The predicted molar refractivity (Wildman–Crippen MR) is 29.4 cm³/mol. The second-order valence-corrected chi connectivity index (χ2v) is 1.73. The minimum Gasteiger partial charge on any atom is -0.481 e. The van der Waals surface area contributed by atoms with Gasteiger partial charge in [-0.3, -0.25) is 9.59 Å². The Morgan fingerprint density at radius 2 is 1.60 bits per heavy atom. The van der Waals surface area contributed by atoms with Crippen LogP contribution in [0.25, 0.3) is 0 Å². The van der Waals surface area contributed by atoms with Crippen LogP contribution in [0.15, 0.2) is 0 Å². The van der Waals surface area contributed by atoms with Crippen molar-refractivity contribution in [2.24, 2.45) is 5.92 Å². The fourth-order valence-corrected chi connectivity index (χ4v) is 0.297. The molecule has 5 heteroatoms. The van der Waals surface area contributed by atoms with E-state index in [0.717, 1.165) is 6.92 Å². The second kappa shape index (κ2) is 2.95. The number of carboxylic acids is 2. The summed E-state index contributed by atoms with van der Waals surface area (Å²) in [5.41, 5.74) is 0. The van der Waals surface area contributed by atoms with Gasteiger partial charge in [-0.05, 0) is 6.92 Å². The summed E-state index contributed by atoms with van der Waals surface area (Å²) < 4.78 is 0. The maximum Gasteiger partial charge on any atom is 0.373 e. The fraction of sp³-hybridized carbons (Fsp3) is 0.400. The van der Waals surface area contributed by atoms with E-state index in [9.17, 15) is 14.4 Å². The van der Waals surface area contributed by atoms with Gasteiger partial charge in [0.15, 0.2) is 0 Å². The van der Waals surface area contributed by atoms with Gasteiger partial charge in [-0.1, -0.05) is 0 Å². The number of hydrogen-bond donors (Lipinski definition) is 2. The number of hydrogen-bond acceptors (Lipinski definition) is 3. The topological polar surface area (TPSA) is 91.7 Å². The first-order chi connectivity index (χ1) is 4.46. The van der Waals surface area contributed by atoms with E-state index in [1.165, 1.54) is 0 Å². The molecule has 0 radical (unpaired) electrons. The molecule has 0 amide bonds. The van der Waals surface area contributed by atoms with Crippen LogP contribution < -0.4 is 0 Å². The van der Waals surface area contributed by atoms with Crippen LogP contribution in [0.2, 0.25) is 0 Å². The second-order valence-electron chi connectivity index (χ2n) is 1.73. The van der Waals surface area contributed by atoms with E-state index in [0.29, 0.717) is 0 Å². The number of carbonyl (C=O) groups is 3. The summed E-state index contributed by atoms with van der Waals surface area (Å²) >= 11 is 0. The minimum atomic E-state index is -1.71. The highest BCUT2D eigenvalue weighted by Gasteiger charge is 2.26. The maximum atomic E-state index is 10.3. The Morgan fingerprint density at radius 3 is 1.70 bits per heavy atom. The quantitative estimate of drug-likeness (QED) is 0.408. The van der Waals surface area contributed by atoms with Crippen molar-refractivity contribution < 1.29 is 24.6 Å². The molecule has 0 bridgehead atoms. The normalized spacial score (nSPS) is 12.1. The van der Waals surface area contributed by atoms with Crippen molar-refractivity contribution in [3.05, 3.63) is 0 Å². The molecule has 0 aliphatic rings. The van der Waals surface area contributed by atoms with Crippen LogP contribution in [0.1, 0.15) is 6.92 Å². The lowest BCUT2D eigenvalue weighted by atomic mass is 10.1. The Labute approximate surface area is 56.3 Å². The Morgan fingerprint density at radius 1 is 1.20 bits per heavy atom. The largest absolute Gasteiger partial charge is 0.481 e. The van der Waals surface area contributed by atoms with E-state index < -0.39 is 23.6 Å². The van der Waals surface area contributed by atoms with Crippen molar-refractivity contribution in [1.82, 2.24) is 0 Å². The molecular weight excluding hydrogens is 140 g/mol. The number of Topliss-reactive ketones (excluding diaryl/α,β-unsaturated/α-hetero) is 1. The molecule has 5 nitrogen and oxygen atoms in total. The minimum absolute atomic E-state index is 1.03. The third-order valence-corrected chi connectivity index (χ3v) is 0.974. The Balaban J connectivity index is 4.22. The smallest absolute Gasteiger partial charge is 0.373 e. The molecule has 10 heavy (non-hydrogen) atoms. The van der Waals surface area contributed by atoms with E-state index in [1.807, 2.05) is 0 Å². The van der Waals surface area contributed by atoms with Crippen LogP contribution in [0, 0.1) is 5.92 Å².